The standard InChI is InChI=1S/C15H28N2O2/c1-3-4-5-6-7-8-9-10-11-17-12-14(18)16-13(2)15(17)19/h13H,3-12H2,1-2H3,(H,16,18). The molecule has 0 spiro atoms. The molecule has 4 nitrogen and oxygen atoms in total. The van der Waals surface area contributed by atoms with Crippen molar-refractivity contribution in [3.63, 3.8) is 0 Å². The summed E-state index contributed by atoms with van der Waals surface area (Å²) in [5, 5.41) is 2.66. The monoisotopic (exact) mass is 268 g/mol. The molecule has 1 rings (SSSR count). The molecule has 0 saturated carbocycles. The minimum Gasteiger partial charge on any atom is -0.343 e. The fourth-order valence-electron chi connectivity index (χ4n) is 2.50. The predicted molar refractivity (Wildman–Crippen MR) is 76.8 cm³/mol. The van der Waals surface area contributed by atoms with Crippen molar-refractivity contribution < 1.29 is 9.59 Å². The van der Waals surface area contributed by atoms with E-state index in [1.165, 1.54) is 38.5 Å². The zero-order valence-corrected chi connectivity index (χ0v) is 12.4. The fourth-order valence-corrected chi connectivity index (χ4v) is 2.50. The van der Waals surface area contributed by atoms with E-state index in [1.54, 1.807) is 11.8 Å². The second-order valence-corrected chi connectivity index (χ2v) is 5.52. The number of unbranched alkanes of at least 4 members (excludes halogenated alkanes) is 7. The van der Waals surface area contributed by atoms with Gasteiger partial charge in [0.25, 0.3) is 0 Å². The van der Waals surface area contributed by atoms with Crippen LogP contribution in [0.25, 0.3) is 0 Å². The summed E-state index contributed by atoms with van der Waals surface area (Å²) < 4.78 is 0. The molecule has 1 saturated heterocycles. The lowest BCUT2D eigenvalue weighted by Gasteiger charge is -2.30. The molecule has 4 heteroatoms. The van der Waals surface area contributed by atoms with Gasteiger partial charge in [0.2, 0.25) is 11.8 Å². The Morgan fingerprint density at radius 2 is 1.63 bits per heavy atom. The van der Waals surface area contributed by atoms with Gasteiger partial charge >= 0.3 is 0 Å². The summed E-state index contributed by atoms with van der Waals surface area (Å²) in [6, 6.07) is -0.352. The molecule has 0 bridgehead atoms. The minimum absolute atomic E-state index is 0.0355. The van der Waals surface area contributed by atoms with Gasteiger partial charge in [-0.15, -0.1) is 0 Å². The van der Waals surface area contributed by atoms with Crippen molar-refractivity contribution >= 4 is 11.8 Å². The van der Waals surface area contributed by atoms with Crippen LogP contribution in [0.5, 0.6) is 0 Å². The Balaban J connectivity index is 2.05. The molecule has 1 heterocycles. The average molecular weight is 268 g/mol. The number of carbonyl (C=O) groups is 2. The number of piperazine rings is 1. The number of hydrogen-bond acceptors (Lipinski definition) is 2. The van der Waals surface area contributed by atoms with Crippen molar-refractivity contribution in [1.29, 1.82) is 0 Å². The quantitative estimate of drug-likeness (QED) is 0.653. The number of rotatable bonds is 9. The fraction of sp³-hybridized carbons (Fsp3) is 0.867. The van der Waals surface area contributed by atoms with E-state index in [4.69, 9.17) is 0 Å². The number of hydrogen-bond donors (Lipinski definition) is 1. The van der Waals surface area contributed by atoms with Gasteiger partial charge in [0.1, 0.15) is 6.04 Å². The van der Waals surface area contributed by atoms with Gasteiger partial charge < -0.3 is 10.2 Å². The van der Waals surface area contributed by atoms with Crippen LogP contribution < -0.4 is 5.32 Å². The summed E-state index contributed by atoms with van der Waals surface area (Å²) in [6.07, 6.45) is 10.0. The van der Waals surface area contributed by atoms with E-state index in [1.807, 2.05) is 0 Å². The molecule has 0 aromatic carbocycles. The van der Waals surface area contributed by atoms with Crippen LogP contribution in [-0.4, -0.2) is 35.8 Å². The Morgan fingerprint density at radius 3 is 2.26 bits per heavy atom. The van der Waals surface area contributed by atoms with Crippen molar-refractivity contribution in [2.45, 2.75) is 71.3 Å². The maximum atomic E-state index is 11.8. The highest BCUT2D eigenvalue weighted by molar-refractivity contribution is 5.94. The van der Waals surface area contributed by atoms with E-state index in [9.17, 15) is 9.59 Å². The molecule has 110 valence electrons. The third kappa shape index (κ3) is 6.08. The van der Waals surface area contributed by atoms with Gasteiger partial charge in [-0.25, -0.2) is 0 Å². The Bertz CT molecular complexity index is 292. The number of nitrogens with one attached hydrogen (secondary N) is 1. The molecule has 0 aromatic rings. The molecule has 1 atom stereocenters. The summed E-state index contributed by atoms with van der Waals surface area (Å²) in [5.74, 6) is 0.0224. The Labute approximate surface area is 116 Å². The van der Waals surface area contributed by atoms with Crippen molar-refractivity contribution in [3.8, 4) is 0 Å². The van der Waals surface area contributed by atoms with E-state index in [-0.39, 0.29) is 24.4 Å². The lowest BCUT2D eigenvalue weighted by Crippen LogP contribution is -2.56. The summed E-state index contributed by atoms with van der Waals surface area (Å²) in [7, 11) is 0. The van der Waals surface area contributed by atoms with Crippen LogP contribution in [0.2, 0.25) is 0 Å². The topological polar surface area (TPSA) is 49.4 Å². The van der Waals surface area contributed by atoms with Crippen LogP contribution in [-0.2, 0) is 9.59 Å². The van der Waals surface area contributed by atoms with Crippen molar-refractivity contribution in [3.05, 3.63) is 0 Å². The van der Waals surface area contributed by atoms with Gasteiger partial charge in [0.05, 0.1) is 6.54 Å². The van der Waals surface area contributed by atoms with Crippen LogP contribution in [0.15, 0.2) is 0 Å². The molecular weight excluding hydrogens is 240 g/mol. The van der Waals surface area contributed by atoms with Crippen LogP contribution in [0.1, 0.15) is 65.2 Å². The Morgan fingerprint density at radius 1 is 1.05 bits per heavy atom. The zero-order valence-electron chi connectivity index (χ0n) is 12.4. The van der Waals surface area contributed by atoms with Crippen molar-refractivity contribution in [2.24, 2.45) is 0 Å². The van der Waals surface area contributed by atoms with Gasteiger partial charge in [-0.3, -0.25) is 9.59 Å². The van der Waals surface area contributed by atoms with Crippen molar-refractivity contribution in [2.75, 3.05) is 13.1 Å². The van der Waals surface area contributed by atoms with E-state index in [0.29, 0.717) is 0 Å². The first-order chi connectivity index (χ1) is 9.15. The largest absolute Gasteiger partial charge is 0.343 e. The maximum absolute atomic E-state index is 11.8. The normalized spacial score (nSPS) is 19.7. The zero-order chi connectivity index (χ0) is 14.1. The molecule has 0 radical (unpaired) electrons. The first-order valence-electron chi connectivity index (χ1n) is 7.73. The molecule has 19 heavy (non-hydrogen) atoms. The van der Waals surface area contributed by atoms with Crippen molar-refractivity contribution in [1.82, 2.24) is 10.2 Å². The SMILES string of the molecule is CCCCCCCCCCN1CC(=O)NC(C)C1=O. The second kappa shape index (κ2) is 8.94. The lowest BCUT2D eigenvalue weighted by atomic mass is 10.1. The highest BCUT2D eigenvalue weighted by Gasteiger charge is 2.28. The Hall–Kier alpha value is -1.06. The van der Waals surface area contributed by atoms with E-state index in [2.05, 4.69) is 12.2 Å². The van der Waals surface area contributed by atoms with Gasteiger partial charge in [0, 0.05) is 6.54 Å². The third-order valence-corrected chi connectivity index (χ3v) is 3.68. The molecule has 1 fully saturated rings. The molecule has 1 N–H and O–H groups in total. The van der Waals surface area contributed by atoms with Gasteiger partial charge in [-0.1, -0.05) is 51.9 Å². The van der Waals surface area contributed by atoms with Crippen LogP contribution in [0, 0.1) is 0 Å². The van der Waals surface area contributed by atoms with Crippen LogP contribution in [0.4, 0.5) is 0 Å². The molecule has 1 aliphatic rings. The maximum Gasteiger partial charge on any atom is 0.245 e. The van der Waals surface area contributed by atoms with Gasteiger partial charge in [0.15, 0.2) is 0 Å². The molecule has 0 aromatic heterocycles. The Kier molecular flexibility index (Phi) is 7.53. The predicted octanol–water partition coefficient (Wildman–Crippen LogP) is 2.47. The molecule has 1 aliphatic heterocycles. The molecule has 1 unspecified atom stereocenters. The third-order valence-electron chi connectivity index (χ3n) is 3.68. The first-order valence-corrected chi connectivity index (χ1v) is 7.73. The van der Waals surface area contributed by atoms with E-state index >= 15 is 0 Å². The average Bonchev–Trinajstić information content (AvgIpc) is 2.38. The lowest BCUT2D eigenvalue weighted by molar-refractivity contribution is -0.143. The summed E-state index contributed by atoms with van der Waals surface area (Å²) in [4.78, 5) is 24.9. The molecular formula is C15H28N2O2. The summed E-state index contributed by atoms with van der Waals surface area (Å²) in [6.45, 7) is 4.94. The highest BCUT2D eigenvalue weighted by atomic mass is 16.2. The van der Waals surface area contributed by atoms with Crippen LogP contribution >= 0.6 is 0 Å². The first kappa shape index (κ1) is 16.0. The smallest absolute Gasteiger partial charge is 0.245 e. The minimum atomic E-state index is -0.352. The van der Waals surface area contributed by atoms with Gasteiger partial charge in [-0.05, 0) is 13.3 Å². The van der Waals surface area contributed by atoms with E-state index in [0.717, 1.165) is 19.4 Å². The number of carbonyl (C=O) groups excluding carboxylic acids is 2. The van der Waals surface area contributed by atoms with Crippen LogP contribution in [0.3, 0.4) is 0 Å². The number of amides is 2. The van der Waals surface area contributed by atoms with Gasteiger partial charge in [-0.2, -0.15) is 0 Å². The highest BCUT2D eigenvalue weighted by Crippen LogP contribution is 2.10. The number of nitrogens with zero attached hydrogens (tertiary/aromatic N) is 1. The molecule has 0 aliphatic carbocycles. The summed E-state index contributed by atoms with van der Waals surface area (Å²) >= 11 is 0. The molecule has 2 amide bonds. The van der Waals surface area contributed by atoms with E-state index < -0.39 is 0 Å². The summed E-state index contributed by atoms with van der Waals surface area (Å²) in [5.41, 5.74) is 0. The second-order valence-electron chi connectivity index (χ2n) is 5.52.